The molecule has 0 bridgehead atoms. The van der Waals surface area contributed by atoms with Gasteiger partial charge in [-0.05, 0) is 24.3 Å². The normalized spacial score (nSPS) is 9.50. The largest absolute Gasteiger partial charge is 0.248 e. The zero-order valence-corrected chi connectivity index (χ0v) is 13.0. The molecule has 0 aliphatic carbocycles. The molecule has 0 unspecified atom stereocenters. The Bertz CT molecular complexity index is 363. The summed E-state index contributed by atoms with van der Waals surface area (Å²) in [5, 5.41) is 1.67. The number of pyridine rings is 2. The fourth-order valence-electron chi connectivity index (χ4n) is 0.879. The Labute approximate surface area is 116 Å². The molecular formula is C10H8N2OS2Zn. The minimum absolute atomic E-state index is 0. The molecule has 0 fully saturated rings. The summed E-state index contributed by atoms with van der Waals surface area (Å²) < 4.78 is 5.31. The summed E-state index contributed by atoms with van der Waals surface area (Å²) in [4.78, 5) is 8.23. The molecule has 3 nitrogen and oxygen atoms in total. The van der Waals surface area contributed by atoms with E-state index in [2.05, 4.69) is 9.97 Å². The van der Waals surface area contributed by atoms with Gasteiger partial charge in [-0.3, -0.25) is 0 Å². The van der Waals surface area contributed by atoms with Crippen LogP contribution in [-0.4, -0.2) is 9.97 Å². The average molecular weight is 302 g/mol. The molecule has 0 aliphatic rings. The molecule has 2 aromatic rings. The van der Waals surface area contributed by atoms with Crippen molar-refractivity contribution in [3.8, 4) is 0 Å². The molecular weight excluding hydrogens is 294 g/mol. The summed E-state index contributed by atoms with van der Waals surface area (Å²) >= 11 is 2.45. The standard InChI is InChI=1S/C10H8N2OS2.Zn/c1-3-7-11-9(5-1)14-13-15-10-6-2-4-8-12-10;/h1-8H;. The molecule has 16 heavy (non-hydrogen) atoms. The Morgan fingerprint density at radius 1 is 0.812 bits per heavy atom. The monoisotopic (exact) mass is 300 g/mol. The van der Waals surface area contributed by atoms with Crippen molar-refractivity contribution in [2.24, 2.45) is 0 Å². The molecule has 2 rings (SSSR count). The van der Waals surface area contributed by atoms with E-state index in [1.807, 2.05) is 36.4 Å². The fraction of sp³-hybridized carbons (Fsp3) is 0. The summed E-state index contributed by atoms with van der Waals surface area (Å²) in [7, 11) is 0. The van der Waals surface area contributed by atoms with Crippen LogP contribution in [0.3, 0.4) is 0 Å². The van der Waals surface area contributed by atoms with E-state index in [0.29, 0.717) is 0 Å². The first-order chi connectivity index (χ1) is 7.45. The van der Waals surface area contributed by atoms with E-state index in [1.54, 1.807) is 12.4 Å². The van der Waals surface area contributed by atoms with Gasteiger partial charge in [0.25, 0.3) is 0 Å². The Morgan fingerprint density at radius 3 is 1.69 bits per heavy atom. The van der Waals surface area contributed by atoms with E-state index in [-0.39, 0.29) is 19.5 Å². The fourth-order valence-corrected chi connectivity index (χ4v) is 2.05. The van der Waals surface area contributed by atoms with Crippen molar-refractivity contribution >= 4 is 24.1 Å². The number of aromatic nitrogens is 2. The summed E-state index contributed by atoms with van der Waals surface area (Å²) in [6, 6.07) is 11.4. The minimum Gasteiger partial charge on any atom is -0.248 e. The summed E-state index contributed by atoms with van der Waals surface area (Å²) in [6.07, 6.45) is 3.47. The van der Waals surface area contributed by atoms with Crippen LogP contribution in [-0.2, 0) is 23.1 Å². The van der Waals surface area contributed by atoms with Crippen LogP contribution in [0.1, 0.15) is 0 Å². The molecule has 0 saturated carbocycles. The van der Waals surface area contributed by atoms with Crippen molar-refractivity contribution in [1.82, 2.24) is 9.97 Å². The summed E-state index contributed by atoms with van der Waals surface area (Å²) in [5.41, 5.74) is 0. The molecule has 2 heterocycles. The molecule has 0 saturated heterocycles. The Morgan fingerprint density at radius 2 is 1.31 bits per heavy atom. The molecule has 6 heteroatoms. The van der Waals surface area contributed by atoms with Gasteiger partial charge in [0.2, 0.25) is 0 Å². The van der Waals surface area contributed by atoms with E-state index in [9.17, 15) is 0 Å². The van der Waals surface area contributed by atoms with E-state index >= 15 is 0 Å². The topological polar surface area (TPSA) is 35.0 Å². The maximum atomic E-state index is 5.31. The smallest absolute Gasteiger partial charge is 0.125 e. The van der Waals surface area contributed by atoms with E-state index in [1.165, 1.54) is 24.1 Å². The molecule has 0 aliphatic heterocycles. The van der Waals surface area contributed by atoms with Gasteiger partial charge in [0.1, 0.15) is 10.1 Å². The van der Waals surface area contributed by atoms with Crippen LogP contribution in [0.2, 0.25) is 0 Å². The van der Waals surface area contributed by atoms with Crippen LogP contribution in [0.4, 0.5) is 0 Å². The van der Waals surface area contributed by atoms with Crippen LogP contribution in [0.25, 0.3) is 0 Å². The van der Waals surface area contributed by atoms with Gasteiger partial charge in [-0.2, -0.15) is 0 Å². The van der Waals surface area contributed by atoms with Crippen LogP contribution in [0, 0.1) is 0 Å². The Kier molecular flexibility index (Phi) is 6.65. The number of rotatable bonds is 4. The van der Waals surface area contributed by atoms with Crippen molar-refractivity contribution in [1.29, 1.82) is 0 Å². The van der Waals surface area contributed by atoms with Gasteiger partial charge in [-0.15, -0.1) is 0 Å². The molecule has 0 amide bonds. The minimum atomic E-state index is 0. The van der Waals surface area contributed by atoms with E-state index in [0.717, 1.165) is 10.1 Å². The van der Waals surface area contributed by atoms with E-state index < -0.39 is 0 Å². The molecule has 0 radical (unpaired) electrons. The molecule has 0 spiro atoms. The maximum absolute atomic E-state index is 5.31. The first kappa shape index (κ1) is 13.6. The second kappa shape index (κ2) is 7.79. The van der Waals surface area contributed by atoms with Gasteiger partial charge in [-0.1, -0.05) is 12.1 Å². The average Bonchev–Trinajstić information content (AvgIpc) is 2.32. The van der Waals surface area contributed by atoms with Gasteiger partial charge in [0, 0.05) is 31.9 Å². The Balaban J connectivity index is 0.00000128. The van der Waals surface area contributed by atoms with Crippen molar-refractivity contribution < 1.29 is 23.1 Å². The van der Waals surface area contributed by atoms with Crippen LogP contribution < -0.4 is 0 Å². The number of hydrogen-bond acceptors (Lipinski definition) is 5. The Hall–Kier alpha value is -0.417. The third-order valence-corrected chi connectivity index (χ3v) is 2.88. The molecule has 2 aromatic heterocycles. The van der Waals surface area contributed by atoms with Gasteiger partial charge < -0.3 is 0 Å². The van der Waals surface area contributed by atoms with Crippen LogP contribution in [0.15, 0.2) is 58.8 Å². The summed E-state index contributed by atoms with van der Waals surface area (Å²) in [5.74, 6) is 0. The number of nitrogens with zero attached hydrogens (tertiary/aromatic N) is 2. The van der Waals surface area contributed by atoms with Crippen molar-refractivity contribution in [3.63, 3.8) is 0 Å². The van der Waals surface area contributed by atoms with Gasteiger partial charge in [0.15, 0.2) is 0 Å². The zero-order valence-electron chi connectivity index (χ0n) is 8.45. The zero-order chi connectivity index (χ0) is 10.3. The van der Waals surface area contributed by atoms with Gasteiger partial charge in [-0.25, -0.2) is 13.6 Å². The molecule has 78 valence electrons. The van der Waals surface area contributed by atoms with Crippen molar-refractivity contribution in [2.45, 2.75) is 10.1 Å². The quantitative estimate of drug-likeness (QED) is 0.640. The predicted octanol–water partition coefficient (Wildman–Crippen LogP) is 3.21. The third kappa shape index (κ3) is 4.62. The predicted molar refractivity (Wildman–Crippen MR) is 61.3 cm³/mol. The summed E-state index contributed by atoms with van der Waals surface area (Å²) in [6.45, 7) is 0. The van der Waals surface area contributed by atoms with E-state index in [4.69, 9.17) is 3.63 Å². The van der Waals surface area contributed by atoms with Crippen LogP contribution >= 0.6 is 24.1 Å². The van der Waals surface area contributed by atoms with Crippen molar-refractivity contribution in [2.75, 3.05) is 0 Å². The number of hydrogen-bond donors (Lipinski definition) is 0. The molecule has 0 N–H and O–H groups in total. The second-order valence-corrected chi connectivity index (χ2v) is 4.28. The maximum Gasteiger partial charge on any atom is 0.125 e. The SMILES string of the molecule is [Zn].c1ccc(SOSc2ccccn2)nc1. The van der Waals surface area contributed by atoms with Crippen molar-refractivity contribution in [3.05, 3.63) is 48.8 Å². The first-order valence-electron chi connectivity index (χ1n) is 4.28. The first-order valence-corrected chi connectivity index (χ1v) is 5.77. The van der Waals surface area contributed by atoms with Gasteiger partial charge >= 0.3 is 0 Å². The van der Waals surface area contributed by atoms with Gasteiger partial charge in [0.05, 0.1) is 24.1 Å². The third-order valence-electron chi connectivity index (χ3n) is 1.51. The van der Waals surface area contributed by atoms with Crippen LogP contribution in [0.5, 0.6) is 0 Å². The molecule has 0 atom stereocenters. The second-order valence-electron chi connectivity index (χ2n) is 2.57. The molecule has 0 aromatic carbocycles.